The summed E-state index contributed by atoms with van der Waals surface area (Å²) in [6.07, 6.45) is 0. The number of hydrogen-bond acceptors (Lipinski definition) is 5. The third kappa shape index (κ3) is 3.67. The van der Waals surface area contributed by atoms with Crippen LogP contribution in [-0.4, -0.2) is 23.8 Å². The average molecular weight is 280 g/mol. The molecule has 8 nitrogen and oxygen atoms in total. The van der Waals surface area contributed by atoms with E-state index in [2.05, 4.69) is 16.2 Å². The topological polar surface area (TPSA) is 113 Å². The van der Waals surface area contributed by atoms with Gasteiger partial charge in [0.1, 0.15) is 5.69 Å². The van der Waals surface area contributed by atoms with Crippen molar-refractivity contribution in [1.82, 2.24) is 10.9 Å². The van der Waals surface area contributed by atoms with Gasteiger partial charge in [0.15, 0.2) is 0 Å². The van der Waals surface area contributed by atoms with E-state index in [-0.39, 0.29) is 23.1 Å². The molecule has 0 aromatic heterocycles. The van der Waals surface area contributed by atoms with Crippen LogP contribution in [0.3, 0.4) is 0 Å². The van der Waals surface area contributed by atoms with Crippen molar-refractivity contribution < 1.29 is 14.5 Å². The number of carbonyl (C=O) groups is 2. The lowest BCUT2D eigenvalue weighted by molar-refractivity contribution is -0.384. The van der Waals surface area contributed by atoms with Gasteiger partial charge >= 0.3 is 0 Å². The molecule has 1 aromatic carbocycles. The third-order valence-corrected chi connectivity index (χ3v) is 2.55. The molecule has 0 bridgehead atoms. The van der Waals surface area contributed by atoms with Gasteiger partial charge in [0.05, 0.1) is 4.92 Å². The van der Waals surface area contributed by atoms with Gasteiger partial charge in [-0.1, -0.05) is 13.8 Å². The van der Waals surface area contributed by atoms with Crippen molar-refractivity contribution in [3.8, 4) is 0 Å². The molecule has 0 aliphatic carbocycles. The Morgan fingerprint density at radius 1 is 1.25 bits per heavy atom. The van der Waals surface area contributed by atoms with E-state index in [4.69, 9.17) is 0 Å². The first-order chi connectivity index (χ1) is 9.36. The van der Waals surface area contributed by atoms with Crippen LogP contribution in [0.5, 0.6) is 0 Å². The number of nitrogens with one attached hydrogen (secondary N) is 3. The number of amides is 2. The summed E-state index contributed by atoms with van der Waals surface area (Å²) in [6.45, 7) is 3.35. The minimum absolute atomic E-state index is 0.0831. The first kappa shape index (κ1) is 15.4. The molecule has 8 heteroatoms. The van der Waals surface area contributed by atoms with E-state index in [1.807, 2.05) is 0 Å². The van der Waals surface area contributed by atoms with Gasteiger partial charge in [0.2, 0.25) is 5.91 Å². The van der Waals surface area contributed by atoms with Gasteiger partial charge in [0, 0.05) is 24.6 Å². The Balaban J connectivity index is 2.86. The molecule has 20 heavy (non-hydrogen) atoms. The maximum absolute atomic E-state index is 11.8. The summed E-state index contributed by atoms with van der Waals surface area (Å²) in [5.74, 6) is -1.25. The lowest BCUT2D eigenvalue weighted by Gasteiger charge is -2.09. The summed E-state index contributed by atoms with van der Waals surface area (Å²) < 4.78 is 0. The van der Waals surface area contributed by atoms with Crippen LogP contribution in [0.4, 0.5) is 11.4 Å². The van der Waals surface area contributed by atoms with Crippen molar-refractivity contribution in [2.24, 2.45) is 5.92 Å². The quantitative estimate of drug-likeness (QED) is 0.563. The zero-order valence-electron chi connectivity index (χ0n) is 11.4. The first-order valence-electron chi connectivity index (χ1n) is 5.93. The fourth-order valence-electron chi connectivity index (χ4n) is 1.37. The number of nitro groups is 1. The Morgan fingerprint density at radius 3 is 2.40 bits per heavy atom. The number of benzene rings is 1. The minimum atomic E-state index is -0.621. The summed E-state index contributed by atoms with van der Waals surface area (Å²) in [5.41, 5.74) is 4.61. The Bertz CT molecular complexity index is 542. The van der Waals surface area contributed by atoms with Crippen molar-refractivity contribution in [3.63, 3.8) is 0 Å². The molecule has 0 spiro atoms. The van der Waals surface area contributed by atoms with Crippen LogP contribution < -0.4 is 16.2 Å². The number of anilines is 1. The molecule has 0 atom stereocenters. The van der Waals surface area contributed by atoms with E-state index in [1.165, 1.54) is 12.1 Å². The third-order valence-electron chi connectivity index (χ3n) is 2.55. The highest BCUT2D eigenvalue weighted by Crippen LogP contribution is 2.24. The number of nitrogens with zero attached hydrogens (tertiary/aromatic N) is 1. The molecule has 0 aliphatic heterocycles. The van der Waals surface area contributed by atoms with Crippen LogP contribution in [0, 0.1) is 16.0 Å². The van der Waals surface area contributed by atoms with E-state index in [1.54, 1.807) is 20.9 Å². The number of nitro benzene ring substituents is 1. The Morgan fingerprint density at radius 2 is 1.90 bits per heavy atom. The molecule has 1 aromatic rings. The summed E-state index contributed by atoms with van der Waals surface area (Å²) in [7, 11) is 1.55. The Kier molecular flexibility index (Phi) is 5.01. The Hall–Kier alpha value is -2.64. The van der Waals surface area contributed by atoms with Gasteiger partial charge in [0.25, 0.3) is 11.6 Å². The fourth-order valence-corrected chi connectivity index (χ4v) is 1.37. The lowest BCUT2D eigenvalue weighted by Crippen LogP contribution is -2.43. The normalized spacial score (nSPS) is 10.0. The van der Waals surface area contributed by atoms with Crippen molar-refractivity contribution in [3.05, 3.63) is 33.9 Å². The van der Waals surface area contributed by atoms with Gasteiger partial charge in [-0.3, -0.25) is 30.6 Å². The highest BCUT2D eigenvalue weighted by atomic mass is 16.6. The smallest absolute Gasteiger partial charge is 0.293 e. The summed E-state index contributed by atoms with van der Waals surface area (Å²) in [4.78, 5) is 33.4. The van der Waals surface area contributed by atoms with Crippen molar-refractivity contribution in [2.45, 2.75) is 13.8 Å². The predicted octanol–water partition coefficient (Wildman–Crippen LogP) is 1.05. The van der Waals surface area contributed by atoms with Crippen LogP contribution in [0.25, 0.3) is 0 Å². The molecule has 0 fully saturated rings. The van der Waals surface area contributed by atoms with Gasteiger partial charge in [-0.2, -0.15) is 0 Å². The van der Waals surface area contributed by atoms with E-state index in [0.717, 1.165) is 6.07 Å². The summed E-state index contributed by atoms with van der Waals surface area (Å²) in [6, 6.07) is 4.00. The van der Waals surface area contributed by atoms with Crippen molar-refractivity contribution in [2.75, 3.05) is 12.4 Å². The molecule has 1 rings (SSSR count). The largest absolute Gasteiger partial charge is 0.383 e. The fraction of sp³-hybridized carbons (Fsp3) is 0.333. The van der Waals surface area contributed by atoms with Crippen molar-refractivity contribution in [1.29, 1.82) is 0 Å². The van der Waals surface area contributed by atoms with Crippen LogP contribution in [0.15, 0.2) is 18.2 Å². The van der Waals surface area contributed by atoms with Crippen molar-refractivity contribution >= 4 is 23.2 Å². The van der Waals surface area contributed by atoms with E-state index in [0.29, 0.717) is 5.69 Å². The molecule has 3 N–H and O–H groups in total. The second-order valence-electron chi connectivity index (χ2n) is 4.34. The highest BCUT2D eigenvalue weighted by molar-refractivity contribution is 5.96. The van der Waals surface area contributed by atoms with Gasteiger partial charge < -0.3 is 5.32 Å². The SMILES string of the molecule is CNc1ccc(C(=O)NNC(=O)C(C)C)cc1[N+](=O)[O-]. The van der Waals surface area contributed by atoms with E-state index < -0.39 is 10.8 Å². The molecule has 108 valence electrons. The van der Waals surface area contributed by atoms with Crippen LogP contribution in [0.1, 0.15) is 24.2 Å². The standard InChI is InChI=1S/C12H16N4O4/c1-7(2)11(17)14-15-12(18)8-4-5-9(13-3)10(6-8)16(19)20/h4-7,13H,1-3H3,(H,14,17)(H,15,18). The molecule has 0 radical (unpaired) electrons. The molecular formula is C12H16N4O4. The van der Waals surface area contributed by atoms with Crippen LogP contribution >= 0.6 is 0 Å². The second kappa shape index (κ2) is 6.50. The molecule has 0 aliphatic rings. The number of rotatable bonds is 4. The minimum Gasteiger partial charge on any atom is -0.383 e. The lowest BCUT2D eigenvalue weighted by atomic mass is 10.1. The predicted molar refractivity (Wildman–Crippen MR) is 73.1 cm³/mol. The molecule has 0 saturated heterocycles. The first-order valence-corrected chi connectivity index (χ1v) is 5.93. The van der Waals surface area contributed by atoms with Gasteiger partial charge in [-0.25, -0.2) is 0 Å². The van der Waals surface area contributed by atoms with Gasteiger partial charge in [-0.05, 0) is 12.1 Å². The van der Waals surface area contributed by atoms with E-state index >= 15 is 0 Å². The zero-order valence-corrected chi connectivity index (χ0v) is 11.4. The number of carbonyl (C=O) groups excluding carboxylic acids is 2. The van der Waals surface area contributed by atoms with E-state index in [9.17, 15) is 19.7 Å². The summed E-state index contributed by atoms with van der Waals surface area (Å²) in [5, 5.41) is 13.5. The average Bonchev–Trinajstić information content (AvgIpc) is 2.43. The second-order valence-corrected chi connectivity index (χ2v) is 4.34. The number of hydrazine groups is 1. The maximum Gasteiger partial charge on any atom is 0.293 e. The van der Waals surface area contributed by atoms with Gasteiger partial charge in [-0.15, -0.1) is 0 Å². The summed E-state index contributed by atoms with van der Waals surface area (Å²) >= 11 is 0. The molecule has 0 heterocycles. The highest BCUT2D eigenvalue weighted by Gasteiger charge is 2.17. The molecule has 2 amide bonds. The maximum atomic E-state index is 11.8. The number of hydrogen-bond donors (Lipinski definition) is 3. The zero-order chi connectivity index (χ0) is 15.3. The molecule has 0 saturated carbocycles. The van der Waals surface area contributed by atoms with Crippen LogP contribution in [0.2, 0.25) is 0 Å². The van der Waals surface area contributed by atoms with Crippen LogP contribution in [-0.2, 0) is 4.79 Å². The Labute approximate surface area is 115 Å². The monoisotopic (exact) mass is 280 g/mol. The molecule has 0 unspecified atom stereocenters. The molecular weight excluding hydrogens is 264 g/mol.